The van der Waals surface area contributed by atoms with E-state index in [-0.39, 0.29) is 18.3 Å². The molecule has 47 heavy (non-hydrogen) atoms. The Morgan fingerprint density at radius 1 is 0.638 bits per heavy atom. The standard InChI is InChI=1S/C42H42O5/c1-31-24-39(36-20-23-38(40(27-36)43-2)45-29-34-14-8-4-9-15-34)47-42(25-31)41(46-30-35-16-10-5-11-17-35)26-32-18-21-37(22-19-32)44-28-33-12-6-3-7-13-33/h3-23,27,39,41-42H,1,24-26,28-30H2,2H3/t39-,41+,42+/m1/s1. The number of methoxy groups -OCH3 is 1. The van der Waals surface area contributed by atoms with E-state index in [1.165, 1.54) is 0 Å². The lowest BCUT2D eigenvalue weighted by molar-refractivity contribution is -0.119. The smallest absolute Gasteiger partial charge is 0.161 e. The van der Waals surface area contributed by atoms with Crippen LogP contribution in [-0.2, 0) is 35.7 Å². The van der Waals surface area contributed by atoms with Crippen LogP contribution < -0.4 is 14.2 Å². The Balaban J connectivity index is 1.16. The van der Waals surface area contributed by atoms with Gasteiger partial charge in [-0.05, 0) is 64.9 Å². The van der Waals surface area contributed by atoms with Crippen LogP contribution in [0, 0.1) is 0 Å². The van der Waals surface area contributed by atoms with Gasteiger partial charge >= 0.3 is 0 Å². The van der Waals surface area contributed by atoms with E-state index in [0.29, 0.717) is 37.7 Å². The summed E-state index contributed by atoms with van der Waals surface area (Å²) in [6.07, 6.45) is 1.66. The normalized spacial score (nSPS) is 16.7. The van der Waals surface area contributed by atoms with Crippen molar-refractivity contribution in [2.45, 2.75) is 57.4 Å². The predicted molar refractivity (Wildman–Crippen MR) is 186 cm³/mol. The van der Waals surface area contributed by atoms with Crippen molar-refractivity contribution in [3.05, 3.63) is 173 Å². The third-order valence-electron chi connectivity index (χ3n) is 8.43. The van der Waals surface area contributed by atoms with Gasteiger partial charge in [0.2, 0.25) is 0 Å². The number of hydrogen-bond acceptors (Lipinski definition) is 5. The molecular formula is C42H42O5. The number of benzene rings is 5. The molecule has 1 heterocycles. The maximum absolute atomic E-state index is 6.84. The van der Waals surface area contributed by atoms with Gasteiger partial charge in [0.25, 0.3) is 0 Å². The molecular weight excluding hydrogens is 584 g/mol. The molecule has 0 N–H and O–H groups in total. The second-order valence-electron chi connectivity index (χ2n) is 12.0. The largest absolute Gasteiger partial charge is 0.493 e. The van der Waals surface area contributed by atoms with E-state index >= 15 is 0 Å². The minimum atomic E-state index is -0.179. The summed E-state index contributed by atoms with van der Waals surface area (Å²) in [5.41, 5.74) is 6.71. The van der Waals surface area contributed by atoms with Gasteiger partial charge in [-0.15, -0.1) is 0 Å². The SMILES string of the molecule is C=C1C[C@@H]([C@H](Cc2ccc(OCc3ccccc3)cc2)OCc2ccccc2)O[C@@H](c2ccc(OCc3ccccc3)c(OC)c2)C1. The summed E-state index contributed by atoms with van der Waals surface area (Å²) in [5.74, 6) is 2.22. The van der Waals surface area contributed by atoms with E-state index < -0.39 is 0 Å². The Labute approximate surface area is 278 Å². The zero-order valence-corrected chi connectivity index (χ0v) is 26.9. The summed E-state index contributed by atoms with van der Waals surface area (Å²) >= 11 is 0. The van der Waals surface area contributed by atoms with E-state index in [2.05, 4.69) is 49.0 Å². The van der Waals surface area contributed by atoms with Crippen molar-refractivity contribution >= 4 is 0 Å². The van der Waals surface area contributed by atoms with Crippen LogP contribution in [0.4, 0.5) is 0 Å². The first-order valence-corrected chi connectivity index (χ1v) is 16.2. The molecule has 3 atom stereocenters. The van der Waals surface area contributed by atoms with Crippen LogP contribution in [0.1, 0.15) is 46.8 Å². The summed E-state index contributed by atoms with van der Waals surface area (Å²) in [6.45, 7) is 5.93. The Kier molecular flexibility index (Phi) is 11.0. The highest BCUT2D eigenvalue weighted by molar-refractivity contribution is 5.44. The molecule has 0 bridgehead atoms. The Morgan fingerprint density at radius 2 is 1.23 bits per heavy atom. The fourth-order valence-electron chi connectivity index (χ4n) is 5.86. The molecule has 5 nitrogen and oxygen atoms in total. The number of rotatable bonds is 14. The van der Waals surface area contributed by atoms with E-state index in [4.69, 9.17) is 23.7 Å². The lowest BCUT2D eigenvalue weighted by atomic mass is 9.90. The molecule has 1 fully saturated rings. The van der Waals surface area contributed by atoms with Crippen LogP contribution in [-0.4, -0.2) is 19.3 Å². The van der Waals surface area contributed by atoms with Crippen molar-refractivity contribution in [1.82, 2.24) is 0 Å². The van der Waals surface area contributed by atoms with E-state index in [1.807, 2.05) is 91.0 Å². The first-order valence-electron chi connectivity index (χ1n) is 16.2. The lowest BCUT2D eigenvalue weighted by Crippen LogP contribution is -2.37. The Hall–Kier alpha value is -4.84. The van der Waals surface area contributed by atoms with Crippen LogP contribution >= 0.6 is 0 Å². The quantitative estimate of drug-likeness (QED) is 0.115. The molecule has 6 rings (SSSR count). The summed E-state index contributed by atoms with van der Waals surface area (Å²) in [6, 6.07) is 45.0. The summed E-state index contributed by atoms with van der Waals surface area (Å²) in [7, 11) is 1.67. The monoisotopic (exact) mass is 626 g/mol. The van der Waals surface area contributed by atoms with Gasteiger partial charge in [-0.2, -0.15) is 0 Å². The van der Waals surface area contributed by atoms with Gasteiger partial charge in [-0.25, -0.2) is 0 Å². The van der Waals surface area contributed by atoms with Gasteiger partial charge < -0.3 is 23.7 Å². The molecule has 1 aliphatic rings. The van der Waals surface area contributed by atoms with Gasteiger partial charge in [0.05, 0.1) is 32.0 Å². The maximum Gasteiger partial charge on any atom is 0.161 e. The molecule has 0 aliphatic carbocycles. The Morgan fingerprint density at radius 3 is 1.85 bits per heavy atom. The van der Waals surface area contributed by atoms with Crippen LogP contribution in [0.2, 0.25) is 0 Å². The minimum absolute atomic E-state index is 0.168. The third-order valence-corrected chi connectivity index (χ3v) is 8.43. The molecule has 0 aromatic heterocycles. The van der Waals surface area contributed by atoms with Crippen molar-refractivity contribution in [1.29, 1.82) is 0 Å². The van der Waals surface area contributed by atoms with Crippen LogP contribution in [0.3, 0.4) is 0 Å². The van der Waals surface area contributed by atoms with E-state index in [0.717, 1.165) is 52.0 Å². The molecule has 5 heteroatoms. The molecule has 240 valence electrons. The van der Waals surface area contributed by atoms with Crippen molar-refractivity contribution in [2.75, 3.05) is 7.11 Å². The molecule has 1 saturated heterocycles. The molecule has 0 spiro atoms. The van der Waals surface area contributed by atoms with Crippen molar-refractivity contribution < 1.29 is 23.7 Å². The number of ether oxygens (including phenoxy) is 5. The van der Waals surface area contributed by atoms with Crippen molar-refractivity contribution in [2.24, 2.45) is 0 Å². The first kappa shape index (κ1) is 32.1. The maximum atomic E-state index is 6.84. The van der Waals surface area contributed by atoms with Crippen LogP contribution in [0.25, 0.3) is 0 Å². The zero-order chi connectivity index (χ0) is 32.3. The van der Waals surface area contributed by atoms with Crippen molar-refractivity contribution in [3.8, 4) is 17.2 Å². The third kappa shape index (κ3) is 9.13. The highest BCUT2D eigenvalue weighted by Gasteiger charge is 2.33. The summed E-state index contributed by atoms with van der Waals surface area (Å²) in [5, 5.41) is 0. The van der Waals surface area contributed by atoms with E-state index in [1.54, 1.807) is 7.11 Å². The highest BCUT2D eigenvalue weighted by Crippen LogP contribution is 2.39. The molecule has 0 radical (unpaired) electrons. The van der Waals surface area contributed by atoms with Gasteiger partial charge in [-0.3, -0.25) is 0 Å². The van der Waals surface area contributed by atoms with E-state index in [9.17, 15) is 0 Å². The highest BCUT2D eigenvalue weighted by atomic mass is 16.5. The van der Waals surface area contributed by atoms with Crippen LogP contribution in [0.5, 0.6) is 17.2 Å². The fraction of sp³-hybridized carbons (Fsp3) is 0.238. The Bertz CT molecular complexity index is 1690. The van der Waals surface area contributed by atoms with Gasteiger partial charge in [0.1, 0.15) is 19.0 Å². The number of hydrogen-bond donors (Lipinski definition) is 0. The van der Waals surface area contributed by atoms with Gasteiger partial charge in [0.15, 0.2) is 11.5 Å². The molecule has 0 unspecified atom stereocenters. The van der Waals surface area contributed by atoms with Crippen molar-refractivity contribution in [3.63, 3.8) is 0 Å². The fourth-order valence-corrected chi connectivity index (χ4v) is 5.86. The molecule has 5 aromatic rings. The molecule has 0 amide bonds. The molecule has 0 saturated carbocycles. The minimum Gasteiger partial charge on any atom is -0.493 e. The summed E-state index contributed by atoms with van der Waals surface area (Å²) < 4.78 is 31.4. The van der Waals surface area contributed by atoms with Gasteiger partial charge in [0, 0.05) is 6.42 Å². The first-order chi connectivity index (χ1) is 23.1. The molecule has 5 aromatic carbocycles. The summed E-state index contributed by atoms with van der Waals surface area (Å²) in [4.78, 5) is 0. The average Bonchev–Trinajstić information content (AvgIpc) is 3.13. The molecule has 1 aliphatic heterocycles. The second-order valence-corrected chi connectivity index (χ2v) is 12.0. The van der Waals surface area contributed by atoms with Crippen LogP contribution in [0.15, 0.2) is 146 Å². The second kappa shape index (κ2) is 16.1. The zero-order valence-electron chi connectivity index (χ0n) is 26.9. The topological polar surface area (TPSA) is 46.2 Å². The average molecular weight is 627 g/mol. The predicted octanol–water partition coefficient (Wildman–Crippen LogP) is 9.46. The lowest BCUT2D eigenvalue weighted by Gasteiger charge is -2.36. The van der Waals surface area contributed by atoms with Gasteiger partial charge in [-0.1, -0.05) is 121 Å².